The number of nitrogens with zero attached hydrogens (tertiary/aromatic N) is 2. The van der Waals surface area contributed by atoms with Crippen LogP contribution in [0.15, 0.2) is 36.4 Å². The number of halogens is 1. The van der Waals surface area contributed by atoms with Gasteiger partial charge in [-0.2, -0.15) is 4.39 Å². The van der Waals surface area contributed by atoms with Crippen LogP contribution in [0.1, 0.15) is 28.9 Å². The fourth-order valence-electron chi connectivity index (χ4n) is 4.86. The molecule has 29 heavy (non-hydrogen) atoms. The Bertz CT molecular complexity index is 905. The first kappa shape index (κ1) is 19.8. The summed E-state index contributed by atoms with van der Waals surface area (Å²) in [5.74, 6) is -0.404. The Morgan fingerprint density at radius 3 is 2.66 bits per heavy atom. The molecule has 7 heteroatoms. The Labute approximate surface area is 168 Å². The Morgan fingerprint density at radius 1 is 1.28 bits per heavy atom. The third kappa shape index (κ3) is 4.26. The van der Waals surface area contributed by atoms with Gasteiger partial charge >= 0.3 is 0 Å². The maximum Gasteiger partial charge on any atom is 0.255 e. The molecular formula is C22H25FN2O4. The van der Waals surface area contributed by atoms with Crippen LogP contribution in [-0.2, 0) is 6.42 Å². The van der Waals surface area contributed by atoms with E-state index in [-0.39, 0.29) is 18.0 Å². The van der Waals surface area contributed by atoms with Gasteiger partial charge in [0.2, 0.25) is 0 Å². The molecule has 4 rings (SSSR count). The number of carbonyl (C=O) groups is 1. The van der Waals surface area contributed by atoms with Crippen molar-refractivity contribution in [2.75, 3.05) is 26.7 Å². The second kappa shape index (κ2) is 7.72. The van der Waals surface area contributed by atoms with E-state index < -0.39 is 17.3 Å². The van der Waals surface area contributed by atoms with Gasteiger partial charge in [-0.3, -0.25) is 9.69 Å². The molecule has 0 bridgehead atoms. The van der Waals surface area contributed by atoms with Crippen molar-refractivity contribution >= 4 is 5.78 Å². The van der Waals surface area contributed by atoms with E-state index in [1.165, 1.54) is 6.07 Å². The zero-order valence-corrected chi connectivity index (χ0v) is 16.3. The number of aromatic hydroxyl groups is 1. The molecule has 1 saturated heterocycles. The van der Waals surface area contributed by atoms with E-state index in [1.54, 1.807) is 7.11 Å². The molecule has 154 valence electrons. The molecule has 0 radical (unpaired) electrons. The number of ether oxygens (including phenoxy) is 1. The minimum absolute atomic E-state index is 0.0203. The van der Waals surface area contributed by atoms with Gasteiger partial charge in [0.1, 0.15) is 11.4 Å². The van der Waals surface area contributed by atoms with Gasteiger partial charge in [0.05, 0.1) is 19.3 Å². The van der Waals surface area contributed by atoms with E-state index >= 15 is 0 Å². The van der Waals surface area contributed by atoms with E-state index in [9.17, 15) is 19.4 Å². The van der Waals surface area contributed by atoms with Gasteiger partial charge in [-0.15, -0.1) is 0 Å². The summed E-state index contributed by atoms with van der Waals surface area (Å²) in [5.41, 5.74) is 0.338. The topological polar surface area (TPSA) is 82.9 Å². The summed E-state index contributed by atoms with van der Waals surface area (Å²) in [6.45, 7) is 1.63. The lowest BCUT2D eigenvalue weighted by molar-refractivity contribution is 0.0355. The van der Waals surface area contributed by atoms with Crippen LogP contribution in [0.4, 0.5) is 4.39 Å². The number of benzene rings is 1. The average molecular weight is 400 g/mol. The number of Topliss-reactive ketones (excluding diaryl/α,β-unsaturated/α-hetero) is 1. The molecule has 3 atom stereocenters. The fraction of sp³-hybridized carbons (Fsp3) is 0.455. The first-order chi connectivity index (χ1) is 13.8. The largest absolute Gasteiger partial charge is 0.504 e. The summed E-state index contributed by atoms with van der Waals surface area (Å²) in [6.07, 6.45) is 1.99. The van der Waals surface area contributed by atoms with Crippen molar-refractivity contribution in [3.63, 3.8) is 0 Å². The molecule has 2 heterocycles. The first-order valence-corrected chi connectivity index (χ1v) is 9.81. The number of ketones is 1. The maximum atomic E-state index is 13.4. The molecule has 0 unspecified atom stereocenters. The van der Waals surface area contributed by atoms with Crippen LogP contribution in [-0.4, -0.2) is 58.2 Å². The number of likely N-dealkylation sites (tertiary alicyclic amines) is 1. The summed E-state index contributed by atoms with van der Waals surface area (Å²) >= 11 is 0. The molecule has 6 nitrogen and oxygen atoms in total. The number of aliphatic hydroxyl groups is 1. The van der Waals surface area contributed by atoms with Crippen LogP contribution in [0.5, 0.6) is 11.5 Å². The van der Waals surface area contributed by atoms with Crippen molar-refractivity contribution in [1.29, 1.82) is 0 Å². The highest BCUT2D eigenvalue weighted by atomic mass is 19.1. The number of hydrogen-bond acceptors (Lipinski definition) is 6. The zero-order chi connectivity index (χ0) is 20.6. The normalized spacial score (nSPS) is 26.4. The number of aromatic nitrogens is 1. The average Bonchev–Trinajstić information content (AvgIpc) is 3.17. The van der Waals surface area contributed by atoms with Crippen LogP contribution in [0.2, 0.25) is 0 Å². The highest BCUT2D eigenvalue weighted by molar-refractivity contribution is 5.95. The van der Waals surface area contributed by atoms with Gasteiger partial charge in [-0.25, -0.2) is 4.98 Å². The molecule has 1 aliphatic heterocycles. The highest BCUT2D eigenvalue weighted by Gasteiger charge is 2.48. The standard InChI is InChI=1S/C22H25FN2O4/c1-29-17-4-2-3-14(7-17)8-22(28)9-15-11-25(12-16(15)10-22)13-20(27)18-5-6-19(26)21(23)24-18/h2-7,15-16,26,28H,8-13H2,1H3/t15-,16+,22-. The molecule has 1 aromatic heterocycles. The van der Waals surface area contributed by atoms with E-state index in [4.69, 9.17) is 4.74 Å². The molecule has 2 N–H and O–H groups in total. The number of pyridine rings is 1. The van der Waals surface area contributed by atoms with Gasteiger partial charge in [0, 0.05) is 19.5 Å². The number of fused-ring (bicyclic) bond motifs is 1. The maximum absolute atomic E-state index is 13.4. The molecule has 2 aromatic rings. The predicted octanol–water partition coefficient (Wildman–Crippen LogP) is 2.43. The molecule has 2 aliphatic rings. The van der Waals surface area contributed by atoms with Gasteiger partial charge in [0.25, 0.3) is 5.95 Å². The number of carbonyl (C=O) groups excluding carboxylic acids is 1. The lowest BCUT2D eigenvalue weighted by atomic mass is 9.91. The van der Waals surface area contributed by atoms with Crippen LogP contribution < -0.4 is 4.74 Å². The fourth-order valence-corrected chi connectivity index (χ4v) is 4.86. The monoisotopic (exact) mass is 400 g/mol. The summed E-state index contributed by atoms with van der Waals surface area (Å²) in [5, 5.41) is 20.3. The van der Waals surface area contributed by atoms with Gasteiger partial charge in [0.15, 0.2) is 11.5 Å². The molecular weight excluding hydrogens is 375 g/mol. The van der Waals surface area contributed by atoms with Gasteiger partial charge < -0.3 is 14.9 Å². The SMILES string of the molecule is COc1cccc(C[C@]2(O)C[C@H]3CN(CC(=O)c4ccc(O)c(F)n4)C[C@H]3C2)c1. The van der Waals surface area contributed by atoms with Crippen LogP contribution in [0.3, 0.4) is 0 Å². The smallest absolute Gasteiger partial charge is 0.255 e. The van der Waals surface area contributed by atoms with Crippen molar-refractivity contribution in [2.24, 2.45) is 11.8 Å². The molecule has 1 saturated carbocycles. The highest BCUT2D eigenvalue weighted by Crippen LogP contribution is 2.45. The van der Waals surface area contributed by atoms with Gasteiger partial charge in [-0.05, 0) is 54.5 Å². The minimum atomic E-state index is -1.03. The van der Waals surface area contributed by atoms with Crippen molar-refractivity contribution in [1.82, 2.24) is 9.88 Å². The third-order valence-electron chi connectivity index (χ3n) is 6.09. The lowest BCUT2D eigenvalue weighted by Crippen LogP contribution is -2.34. The second-order valence-electron chi connectivity index (χ2n) is 8.30. The van der Waals surface area contributed by atoms with E-state index in [1.807, 2.05) is 24.3 Å². The number of hydrogen-bond donors (Lipinski definition) is 2. The Hall–Kier alpha value is -2.51. The predicted molar refractivity (Wildman–Crippen MR) is 104 cm³/mol. The van der Waals surface area contributed by atoms with Crippen LogP contribution >= 0.6 is 0 Å². The number of methoxy groups -OCH3 is 1. The Morgan fingerprint density at radius 2 is 2.00 bits per heavy atom. The zero-order valence-electron chi connectivity index (χ0n) is 16.3. The second-order valence-corrected chi connectivity index (χ2v) is 8.30. The van der Waals surface area contributed by atoms with Crippen LogP contribution in [0.25, 0.3) is 0 Å². The molecule has 1 aromatic carbocycles. The minimum Gasteiger partial charge on any atom is -0.504 e. The Kier molecular flexibility index (Phi) is 5.27. The van der Waals surface area contributed by atoms with Crippen molar-refractivity contribution in [3.8, 4) is 11.5 Å². The van der Waals surface area contributed by atoms with Crippen molar-refractivity contribution in [3.05, 3.63) is 53.6 Å². The summed E-state index contributed by atoms with van der Waals surface area (Å²) < 4.78 is 18.7. The third-order valence-corrected chi connectivity index (χ3v) is 6.09. The van der Waals surface area contributed by atoms with Crippen molar-refractivity contribution < 1.29 is 24.1 Å². The first-order valence-electron chi connectivity index (χ1n) is 9.81. The molecule has 0 spiro atoms. The lowest BCUT2D eigenvalue weighted by Gasteiger charge is -2.26. The molecule has 1 aliphatic carbocycles. The summed E-state index contributed by atoms with van der Waals surface area (Å²) in [7, 11) is 1.63. The van der Waals surface area contributed by atoms with E-state index in [0.29, 0.717) is 31.1 Å². The van der Waals surface area contributed by atoms with Crippen molar-refractivity contribution in [2.45, 2.75) is 24.9 Å². The van der Waals surface area contributed by atoms with E-state index in [2.05, 4.69) is 9.88 Å². The molecule has 0 amide bonds. The summed E-state index contributed by atoms with van der Waals surface area (Å²) in [4.78, 5) is 18.0. The van der Waals surface area contributed by atoms with E-state index in [0.717, 1.165) is 30.5 Å². The van der Waals surface area contributed by atoms with Gasteiger partial charge in [-0.1, -0.05) is 12.1 Å². The quantitative estimate of drug-likeness (QED) is 0.573. The van der Waals surface area contributed by atoms with Crippen LogP contribution in [0, 0.1) is 17.8 Å². The summed E-state index contributed by atoms with van der Waals surface area (Å²) in [6, 6.07) is 10.3. The molecule has 2 fully saturated rings. The Balaban J connectivity index is 1.34. The number of rotatable bonds is 6.